The van der Waals surface area contributed by atoms with Gasteiger partial charge < -0.3 is 10.1 Å². The predicted octanol–water partition coefficient (Wildman–Crippen LogP) is 2.40. The zero-order chi connectivity index (χ0) is 18.7. The van der Waals surface area contributed by atoms with Crippen molar-refractivity contribution in [3.63, 3.8) is 0 Å². The van der Waals surface area contributed by atoms with Crippen molar-refractivity contribution in [2.45, 2.75) is 13.3 Å². The molecule has 3 rings (SSSR count). The molecule has 2 aromatic rings. The minimum atomic E-state index is -3.66. The van der Waals surface area contributed by atoms with E-state index >= 15 is 0 Å². The van der Waals surface area contributed by atoms with E-state index in [1.807, 2.05) is 6.92 Å². The first kappa shape index (κ1) is 17.9. The summed E-state index contributed by atoms with van der Waals surface area (Å²) in [6, 6.07) is 12.9. The average molecular weight is 374 g/mol. The van der Waals surface area contributed by atoms with Gasteiger partial charge in [0.2, 0.25) is 15.9 Å². The fraction of sp³-hybridized carbons (Fsp3) is 0.222. The molecule has 8 heteroatoms. The lowest BCUT2D eigenvalue weighted by molar-refractivity contribution is -0.116. The summed E-state index contributed by atoms with van der Waals surface area (Å²) in [5, 5.41) is 2.73. The summed E-state index contributed by atoms with van der Waals surface area (Å²) >= 11 is 0. The minimum Gasteiger partial charge on any atom is -0.494 e. The van der Waals surface area contributed by atoms with Crippen LogP contribution >= 0.6 is 0 Å². The molecule has 2 amide bonds. The molecule has 0 radical (unpaired) electrons. The highest BCUT2D eigenvalue weighted by molar-refractivity contribution is 7.94. The molecule has 1 fully saturated rings. The van der Waals surface area contributed by atoms with Gasteiger partial charge in [0.05, 0.1) is 18.0 Å². The van der Waals surface area contributed by atoms with E-state index in [2.05, 4.69) is 5.32 Å². The van der Waals surface area contributed by atoms with Gasteiger partial charge in [-0.15, -0.1) is 0 Å². The molecule has 0 aromatic heterocycles. The predicted molar refractivity (Wildman–Crippen MR) is 97.9 cm³/mol. The number of benzene rings is 2. The standard InChI is InChI=1S/C18H18N2O5S/c1-2-25-16-8-6-14(7-9-16)19-18(22)13-4-3-5-15(12-13)20-17(21)10-11-26(20,23)24/h3-9,12H,2,10-11H2,1H3,(H,19,22). The van der Waals surface area contributed by atoms with Crippen molar-refractivity contribution < 1.29 is 22.7 Å². The molecule has 1 aliphatic heterocycles. The number of anilines is 2. The molecule has 0 bridgehead atoms. The molecular formula is C18H18N2O5S. The highest BCUT2D eigenvalue weighted by atomic mass is 32.2. The Morgan fingerprint density at radius 1 is 1.19 bits per heavy atom. The van der Waals surface area contributed by atoms with Crippen LogP contribution in [0.5, 0.6) is 5.75 Å². The molecule has 0 aliphatic carbocycles. The Hall–Kier alpha value is -2.87. The molecule has 0 spiro atoms. The zero-order valence-electron chi connectivity index (χ0n) is 14.1. The third kappa shape index (κ3) is 3.70. The van der Waals surface area contributed by atoms with Crippen LogP contribution in [0.15, 0.2) is 48.5 Å². The highest BCUT2D eigenvalue weighted by Crippen LogP contribution is 2.26. The molecule has 1 heterocycles. The van der Waals surface area contributed by atoms with E-state index in [0.717, 1.165) is 4.31 Å². The Kier molecular flexibility index (Phi) is 4.94. The normalized spacial score (nSPS) is 15.7. The summed E-state index contributed by atoms with van der Waals surface area (Å²) < 4.78 is 30.2. The Morgan fingerprint density at radius 3 is 2.54 bits per heavy atom. The van der Waals surface area contributed by atoms with Gasteiger partial charge in [-0.3, -0.25) is 9.59 Å². The molecule has 1 N–H and O–H groups in total. The van der Waals surface area contributed by atoms with Crippen molar-refractivity contribution in [1.29, 1.82) is 0 Å². The van der Waals surface area contributed by atoms with E-state index < -0.39 is 21.8 Å². The number of rotatable bonds is 5. The van der Waals surface area contributed by atoms with E-state index in [1.54, 1.807) is 36.4 Å². The van der Waals surface area contributed by atoms with E-state index in [4.69, 9.17) is 4.74 Å². The van der Waals surface area contributed by atoms with Crippen LogP contribution in [-0.4, -0.2) is 32.6 Å². The van der Waals surface area contributed by atoms with Gasteiger partial charge >= 0.3 is 0 Å². The number of hydrogen-bond donors (Lipinski definition) is 1. The third-order valence-corrected chi connectivity index (χ3v) is 5.54. The van der Waals surface area contributed by atoms with Gasteiger partial charge in [0.25, 0.3) is 5.91 Å². The van der Waals surface area contributed by atoms with E-state index in [-0.39, 0.29) is 23.4 Å². The van der Waals surface area contributed by atoms with Crippen molar-refractivity contribution in [3.8, 4) is 5.75 Å². The number of nitrogens with zero attached hydrogens (tertiary/aromatic N) is 1. The molecule has 0 saturated carbocycles. The molecule has 2 aromatic carbocycles. The highest BCUT2D eigenvalue weighted by Gasteiger charge is 2.36. The monoisotopic (exact) mass is 374 g/mol. The summed E-state index contributed by atoms with van der Waals surface area (Å²) in [7, 11) is -3.66. The topological polar surface area (TPSA) is 92.8 Å². The SMILES string of the molecule is CCOc1ccc(NC(=O)c2cccc(N3C(=O)CCS3(=O)=O)c2)cc1. The summed E-state index contributed by atoms with van der Waals surface area (Å²) in [6.45, 7) is 2.44. The van der Waals surface area contributed by atoms with Crippen LogP contribution in [0.1, 0.15) is 23.7 Å². The quantitative estimate of drug-likeness (QED) is 0.867. The van der Waals surface area contributed by atoms with Crippen LogP contribution in [-0.2, 0) is 14.8 Å². The first-order chi connectivity index (χ1) is 12.4. The number of hydrogen-bond acceptors (Lipinski definition) is 5. The van der Waals surface area contributed by atoms with Crippen molar-refractivity contribution in [1.82, 2.24) is 0 Å². The van der Waals surface area contributed by atoms with Gasteiger partial charge in [0, 0.05) is 17.7 Å². The number of ether oxygens (including phenoxy) is 1. The van der Waals surface area contributed by atoms with Crippen LogP contribution in [0, 0.1) is 0 Å². The maximum Gasteiger partial charge on any atom is 0.255 e. The molecule has 0 atom stereocenters. The van der Waals surface area contributed by atoms with Crippen molar-refractivity contribution >= 4 is 33.2 Å². The maximum atomic E-state index is 12.4. The molecule has 1 aliphatic rings. The summed E-state index contributed by atoms with van der Waals surface area (Å²) in [5.41, 5.74) is 1.01. The van der Waals surface area contributed by atoms with Gasteiger partial charge in [-0.2, -0.15) is 0 Å². The largest absolute Gasteiger partial charge is 0.494 e. The Morgan fingerprint density at radius 2 is 1.92 bits per heavy atom. The fourth-order valence-corrected chi connectivity index (χ4v) is 4.10. The lowest BCUT2D eigenvalue weighted by Crippen LogP contribution is -2.29. The first-order valence-electron chi connectivity index (χ1n) is 8.11. The van der Waals surface area contributed by atoms with Crippen LogP contribution in [0.2, 0.25) is 0 Å². The minimum absolute atomic E-state index is 0.0507. The molecule has 136 valence electrons. The average Bonchev–Trinajstić information content (AvgIpc) is 2.90. The van der Waals surface area contributed by atoms with E-state index in [1.165, 1.54) is 12.1 Å². The van der Waals surface area contributed by atoms with Crippen LogP contribution in [0.4, 0.5) is 11.4 Å². The Balaban J connectivity index is 1.79. The maximum absolute atomic E-state index is 12.4. The zero-order valence-corrected chi connectivity index (χ0v) is 15.0. The number of nitrogens with one attached hydrogen (secondary N) is 1. The molecule has 26 heavy (non-hydrogen) atoms. The van der Waals surface area contributed by atoms with Gasteiger partial charge in [0.15, 0.2) is 0 Å². The smallest absolute Gasteiger partial charge is 0.255 e. The molecule has 1 saturated heterocycles. The summed E-state index contributed by atoms with van der Waals surface area (Å²) in [4.78, 5) is 24.3. The number of carbonyl (C=O) groups is 2. The van der Waals surface area contributed by atoms with Gasteiger partial charge in [-0.1, -0.05) is 6.07 Å². The number of sulfonamides is 1. The van der Waals surface area contributed by atoms with Crippen LogP contribution in [0.25, 0.3) is 0 Å². The second-order valence-electron chi connectivity index (χ2n) is 5.69. The lowest BCUT2D eigenvalue weighted by Gasteiger charge is -2.15. The second kappa shape index (κ2) is 7.17. The second-order valence-corrected chi connectivity index (χ2v) is 7.62. The summed E-state index contributed by atoms with van der Waals surface area (Å²) in [5.74, 6) is -0.409. The Bertz CT molecular complexity index is 938. The van der Waals surface area contributed by atoms with E-state index in [9.17, 15) is 18.0 Å². The van der Waals surface area contributed by atoms with E-state index in [0.29, 0.717) is 18.0 Å². The van der Waals surface area contributed by atoms with Gasteiger partial charge in [0.1, 0.15) is 5.75 Å². The van der Waals surface area contributed by atoms with Gasteiger partial charge in [-0.05, 0) is 49.4 Å². The van der Waals surface area contributed by atoms with Crippen LogP contribution < -0.4 is 14.4 Å². The molecule has 7 nitrogen and oxygen atoms in total. The van der Waals surface area contributed by atoms with Crippen molar-refractivity contribution in [3.05, 3.63) is 54.1 Å². The summed E-state index contributed by atoms with van der Waals surface area (Å²) in [6.07, 6.45) is -0.0507. The molecular weight excluding hydrogens is 356 g/mol. The fourth-order valence-electron chi connectivity index (χ4n) is 2.65. The third-order valence-electron chi connectivity index (χ3n) is 3.84. The molecule has 0 unspecified atom stereocenters. The number of carbonyl (C=O) groups excluding carboxylic acids is 2. The van der Waals surface area contributed by atoms with Crippen molar-refractivity contribution in [2.24, 2.45) is 0 Å². The first-order valence-corrected chi connectivity index (χ1v) is 9.72. The van der Waals surface area contributed by atoms with Crippen molar-refractivity contribution in [2.75, 3.05) is 22.0 Å². The van der Waals surface area contributed by atoms with Gasteiger partial charge in [-0.25, -0.2) is 12.7 Å². The number of amides is 2. The van der Waals surface area contributed by atoms with Crippen LogP contribution in [0.3, 0.4) is 0 Å². The Labute approximate surface area is 151 Å². The lowest BCUT2D eigenvalue weighted by atomic mass is 10.1.